The van der Waals surface area contributed by atoms with Gasteiger partial charge in [-0.25, -0.2) is 0 Å². The molecule has 5 nitrogen and oxygen atoms in total. The molecular formula is C20H18Cl2N4OS. The van der Waals surface area contributed by atoms with Crippen molar-refractivity contribution >= 4 is 46.6 Å². The number of nitrogens with one attached hydrogen (secondary N) is 1. The molecule has 8 heteroatoms. The van der Waals surface area contributed by atoms with Crippen molar-refractivity contribution in [2.45, 2.75) is 18.6 Å². The van der Waals surface area contributed by atoms with Gasteiger partial charge in [-0.3, -0.25) is 9.36 Å². The number of thioether (sulfide) groups is 1. The maximum atomic E-state index is 12.4. The highest BCUT2D eigenvalue weighted by Crippen LogP contribution is 2.29. The van der Waals surface area contributed by atoms with Crippen molar-refractivity contribution in [1.29, 1.82) is 0 Å². The first-order valence-corrected chi connectivity index (χ1v) is 10.2. The highest BCUT2D eigenvalue weighted by atomic mass is 35.5. The van der Waals surface area contributed by atoms with Crippen molar-refractivity contribution in [3.8, 4) is 11.4 Å². The van der Waals surface area contributed by atoms with Crippen LogP contribution in [0.4, 0.5) is 5.69 Å². The highest BCUT2D eigenvalue weighted by molar-refractivity contribution is 7.99. The molecule has 1 N–H and O–H groups in total. The van der Waals surface area contributed by atoms with Crippen LogP contribution in [-0.4, -0.2) is 26.4 Å². The summed E-state index contributed by atoms with van der Waals surface area (Å²) < 4.78 is 1.89. The molecule has 0 spiro atoms. The van der Waals surface area contributed by atoms with Crippen LogP contribution in [0.3, 0.4) is 0 Å². The van der Waals surface area contributed by atoms with Gasteiger partial charge in [0.1, 0.15) is 0 Å². The van der Waals surface area contributed by atoms with E-state index in [1.807, 2.05) is 35.8 Å². The van der Waals surface area contributed by atoms with Crippen molar-refractivity contribution in [3.05, 3.63) is 70.7 Å². The number of nitrogens with zero attached hydrogens (tertiary/aromatic N) is 3. The number of allylic oxidation sites excluding steroid dienone is 1. The van der Waals surface area contributed by atoms with Crippen molar-refractivity contribution in [3.63, 3.8) is 0 Å². The first-order chi connectivity index (χ1) is 13.5. The third kappa shape index (κ3) is 4.76. The Bertz CT molecular complexity index is 1020. The number of halogens is 2. The summed E-state index contributed by atoms with van der Waals surface area (Å²) in [6, 6.07) is 12.8. The fraction of sp³-hybridized carbons (Fsp3) is 0.150. The van der Waals surface area contributed by atoms with Gasteiger partial charge in [-0.05, 0) is 36.8 Å². The number of hydrogen-bond donors (Lipinski definition) is 1. The van der Waals surface area contributed by atoms with E-state index < -0.39 is 0 Å². The van der Waals surface area contributed by atoms with Crippen LogP contribution in [0.2, 0.25) is 10.0 Å². The zero-order valence-electron chi connectivity index (χ0n) is 15.2. The molecule has 3 rings (SSSR count). The third-order valence-electron chi connectivity index (χ3n) is 3.95. The molecule has 0 aliphatic rings. The van der Waals surface area contributed by atoms with Crippen LogP contribution >= 0.6 is 35.0 Å². The summed E-state index contributed by atoms with van der Waals surface area (Å²) in [5, 5.41) is 13.2. The molecule has 0 bridgehead atoms. The molecule has 2 aromatic carbocycles. The lowest BCUT2D eigenvalue weighted by molar-refractivity contribution is -0.113. The summed E-state index contributed by atoms with van der Waals surface area (Å²) in [7, 11) is 0. The summed E-state index contributed by atoms with van der Waals surface area (Å²) in [6.07, 6.45) is 1.75. The van der Waals surface area contributed by atoms with Gasteiger partial charge < -0.3 is 5.32 Å². The predicted molar refractivity (Wildman–Crippen MR) is 116 cm³/mol. The number of benzene rings is 2. The van der Waals surface area contributed by atoms with Crippen molar-refractivity contribution < 1.29 is 4.79 Å². The Morgan fingerprint density at radius 2 is 2.04 bits per heavy atom. The first kappa shape index (κ1) is 20.5. The normalized spacial score (nSPS) is 10.7. The van der Waals surface area contributed by atoms with Crippen LogP contribution in [0, 0.1) is 6.92 Å². The lowest BCUT2D eigenvalue weighted by Gasteiger charge is -2.10. The Balaban J connectivity index is 1.75. The van der Waals surface area contributed by atoms with Crippen LogP contribution in [-0.2, 0) is 11.3 Å². The van der Waals surface area contributed by atoms with E-state index in [9.17, 15) is 4.79 Å². The number of rotatable bonds is 7. The van der Waals surface area contributed by atoms with E-state index in [1.54, 1.807) is 24.3 Å². The lowest BCUT2D eigenvalue weighted by Crippen LogP contribution is -2.15. The van der Waals surface area contributed by atoms with Gasteiger partial charge in [0, 0.05) is 22.8 Å². The predicted octanol–water partition coefficient (Wildman–Crippen LogP) is 5.48. The SMILES string of the molecule is C=CCn1c(SCC(=O)Nc2cc(Cl)ccc2C)nnc1-c1ccccc1Cl. The number of carbonyl (C=O) groups is 1. The number of aryl methyl sites for hydroxylation is 1. The van der Waals surface area contributed by atoms with Crippen LogP contribution < -0.4 is 5.32 Å². The average Bonchev–Trinajstić information content (AvgIpc) is 3.06. The number of anilines is 1. The second-order valence-electron chi connectivity index (χ2n) is 5.98. The Morgan fingerprint density at radius 3 is 2.79 bits per heavy atom. The molecule has 0 saturated carbocycles. The second kappa shape index (κ2) is 9.28. The van der Waals surface area contributed by atoms with Crippen molar-refractivity contribution in [2.75, 3.05) is 11.1 Å². The minimum Gasteiger partial charge on any atom is -0.325 e. The topological polar surface area (TPSA) is 59.8 Å². The summed E-state index contributed by atoms with van der Waals surface area (Å²) in [4.78, 5) is 12.4. The number of aromatic nitrogens is 3. The van der Waals surface area contributed by atoms with Gasteiger partial charge in [-0.1, -0.05) is 59.2 Å². The van der Waals surface area contributed by atoms with Crippen LogP contribution in [0.1, 0.15) is 5.56 Å². The van der Waals surface area contributed by atoms with Crippen LogP contribution in [0.15, 0.2) is 60.3 Å². The molecule has 1 aromatic heterocycles. The summed E-state index contributed by atoms with van der Waals surface area (Å²) >= 11 is 13.6. The Hall–Kier alpha value is -2.28. The average molecular weight is 433 g/mol. The van der Waals surface area contributed by atoms with E-state index in [4.69, 9.17) is 23.2 Å². The van der Waals surface area contributed by atoms with Crippen LogP contribution in [0.5, 0.6) is 0 Å². The van der Waals surface area contributed by atoms with Gasteiger partial charge in [0.05, 0.1) is 10.8 Å². The monoisotopic (exact) mass is 432 g/mol. The summed E-state index contributed by atoms with van der Waals surface area (Å²) in [5.74, 6) is 0.672. The van der Waals surface area contributed by atoms with E-state index in [0.717, 1.165) is 11.1 Å². The summed E-state index contributed by atoms with van der Waals surface area (Å²) in [5.41, 5.74) is 2.42. The zero-order valence-corrected chi connectivity index (χ0v) is 17.5. The van der Waals surface area contributed by atoms with E-state index >= 15 is 0 Å². The standard InChI is InChI=1S/C20H18Cl2N4OS/c1-3-10-26-19(15-6-4-5-7-16(15)22)24-25-20(26)28-12-18(27)23-17-11-14(21)9-8-13(17)2/h3-9,11H,1,10,12H2,2H3,(H,23,27). The fourth-order valence-corrected chi connectivity index (χ4v) is 3.72. The van der Waals surface area contributed by atoms with Gasteiger partial charge in [0.15, 0.2) is 11.0 Å². The van der Waals surface area contributed by atoms with Crippen LogP contribution in [0.25, 0.3) is 11.4 Å². The maximum Gasteiger partial charge on any atom is 0.234 e. The van der Waals surface area contributed by atoms with Gasteiger partial charge in [0.2, 0.25) is 5.91 Å². The minimum atomic E-state index is -0.150. The number of carbonyl (C=O) groups excluding carboxylic acids is 1. The second-order valence-corrected chi connectivity index (χ2v) is 7.77. The summed E-state index contributed by atoms with van der Waals surface area (Å²) in [6.45, 7) is 6.21. The third-order valence-corrected chi connectivity index (χ3v) is 5.48. The van der Waals surface area contributed by atoms with Crippen molar-refractivity contribution in [1.82, 2.24) is 14.8 Å². The largest absolute Gasteiger partial charge is 0.325 e. The van der Waals surface area contributed by atoms with E-state index in [0.29, 0.717) is 33.3 Å². The number of hydrogen-bond acceptors (Lipinski definition) is 4. The molecular weight excluding hydrogens is 415 g/mol. The molecule has 0 fully saturated rings. The maximum absolute atomic E-state index is 12.4. The first-order valence-electron chi connectivity index (χ1n) is 8.47. The molecule has 0 aliphatic carbocycles. The smallest absolute Gasteiger partial charge is 0.234 e. The quantitative estimate of drug-likeness (QED) is 0.396. The van der Waals surface area contributed by atoms with E-state index in [1.165, 1.54) is 11.8 Å². The van der Waals surface area contributed by atoms with Gasteiger partial charge in [-0.2, -0.15) is 0 Å². The molecule has 0 aliphatic heterocycles. The van der Waals surface area contributed by atoms with E-state index in [-0.39, 0.29) is 11.7 Å². The molecule has 0 saturated heterocycles. The Kier molecular flexibility index (Phi) is 6.78. The molecule has 0 radical (unpaired) electrons. The molecule has 28 heavy (non-hydrogen) atoms. The molecule has 0 atom stereocenters. The Labute approximate surface area is 177 Å². The van der Waals surface area contributed by atoms with E-state index in [2.05, 4.69) is 22.1 Å². The minimum absolute atomic E-state index is 0.150. The molecule has 1 heterocycles. The Morgan fingerprint density at radius 1 is 1.25 bits per heavy atom. The number of amides is 1. The fourth-order valence-electron chi connectivity index (χ4n) is 2.58. The highest BCUT2D eigenvalue weighted by Gasteiger charge is 2.17. The molecule has 3 aromatic rings. The molecule has 144 valence electrons. The van der Waals surface area contributed by atoms with Gasteiger partial charge >= 0.3 is 0 Å². The van der Waals surface area contributed by atoms with Crippen molar-refractivity contribution in [2.24, 2.45) is 0 Å². The lowest BCUT2D eigenvalue weighted by atomic mass is 10.2. The molecule has 0 unspecified atom stereocenters. The zero-order chi connectivity index (χ0) is 20.1. The molecule has 1 amide bonds. The van der Waals surface area contributed by atoms with Gasteiger partial charge in [-0.15, -0.1) is 16.8 Å². The van der Waals surface area contributed by atoms with Gasteiger partial charge in [0.25, 0.3) is 0 Å².